The van der Waals surface area contributed by atoms with Gasteiger partial charge in [-0.15, -0.1) is 11.6 Å². The number of amides is 2. The molecule has 0 radical (unpaired) electrons. The molecule has 2 amide bonds. The van der Waals surface area contributed by atoms with Crippen molar-refractivity contribution in [3.05, 3.63) is 0 Å². The highest BCUT2D eigenvalue weighted by Crippen LogP contribution is 2.11. The molecule has 1 aliphatic heterocycles. The number of hydrogen-bond donors (Lipinski definition) is 1. The van der Waals surface area contributed by atoms with Crippen LogP contribution in [0.4, 0.5) is 4.79 Å². The van der Waals surface area contributed by atoms with Crippen molar-refractivity contribution in [2.75, 3.05) is 25.6 Å². The van der Waals surface area contributed by atoms with Crippen molar-refractivity contribution in [1.82, 2.24) is 10.2 Å². The predicted molar refractivity (Wildman–Crippen MR) is 65.0 cm³/mol. The number of likely N-dealkylation sites (tertiary alicyclic amines) is 1. The number of ether oxygens (including phenoxy) is 1. The van der Waals surface area contributed by atoms with E-state index in [1.165, 1.54) is 0 Å². The van der Waals surface area contributed by atoms with Crippen LogP contribution >= 0.6 is 11.6 Å². The number of alkyl halides is 1. The van der Waals surface area contributed by atoms with E-state index < -0.39 is 0 Å². The monoisotopic (exact) mass is 273 g/mol. The van der Waals surface area contributed by atoms with Crippen LogP contribution in [0.5, 0.6) is 0 Å². The van der Waals surface area contributed by atoms with Crippen molar-refractivity contribution in [3.8, 4) is 6.07 Å². The minimum atomic E-state index is -0.363. The van der Waals surface area contributed by atoms with Crippen molar-refractivity contribution in [2.45, 2.75) is 25.3 Å². The molecule has 0 aromatic carbocycles. The largest absolute Gasteiger partial charge is 0.448 e. The lowest BCUT2D eigenvalue weighted by Crippen LogP contribution is -2.46. The van der Waals surface area contributed by atoms with E-state index in [1.54, 1.807) is 11.0 Å². The lowest BCUT2D eigenvalue weighted by Gasteiger charge is -2.31. The maximum Gasteiger partial charge on any atom is 0.409 e. The molecular weight excluding hydrogens is 258 g/mol. The summed E-state index contributed by atoms with van der Waals surface area (Å²) in [5.41, 5.74) is 0. The number of carbonyl (C=O) groups excluding carboxylic acids is 2. The van der Waals surface area contributed by atoms with Gasteiger partial charge >= 0.3 is 6.09 Å². The fourth-order valence-corrected chi connectivity index (χ4v) is 1.85. The first-order chi connectivity index (χ1) is 8.67. The number of hydrogen-bond acceptors (Lipinski definition) is 4. The number of nitrogens with one attached hydrogen (secondary N) is 1. The van der Waals surface area contributed by atoms with Gasteiger partial charge in [0.05, 0.1) is 11.9 Å². The topological polar surface area (TPSA) is 82.4 Å². The van der Waals surface area contributed by atoms with Gasteiger partial charge in [-0.2, -0.15) is 5.26 Å². The molecule has 0 aromatic rings. The number of carbonyl (C=O) groups is 2. The van der Waals surface area contributed by atoms with Crippen molar-refractivity contribution in [3.63, 3.8) is 0 Å². The van der Waals surface area contributed by atoms with Gasteiger partial charge in [-0.3, -0.25) is 4.79 Å². The first kappa shape index (κ1) is 14.6. The molecular formula is C11H16ClN3O3. The zero-order valence-electron chi connectivity index (χ0n) is 10.0. The summed E-state index contributed by atoms with van der Waals surface area (Å²) in [6.45, 7) is 1.29. The number of rotatable bonds is 4. The van der Waals surface area contributed by atoms with E-state index >= 15 is 0 Å². The average Bonchev–Trinajstić information content (AvgIpc) is 2.37. The van der Waals surface area contributed by atoms with E-state index in [9.17, 15) is 9.59 Å². The number of halogens is 1. The number of nitriles is 1. The highest BCUT2D eigenvalue weighted by Gasteiger charge is 2.24. The molecule has 7 heteroatoms. The maximum atomic E-state index is 11.5. The number of piperidine rings is 1. The molecule has 1 heterocycles. The van der Waals surface area contributed by atoms with Crippen LogP contribution in [0, 0.1) is 11.3 Å². The Morgan fingerprint density at radius 1 is 1.44 bits per heavy atom. The normalized spacial score (nSPS) is 15.9. The van der Waals surface area contributed by atoms with Gasteiger partial charge in [0.1, 0.15) is 13.0 Å². The van der Waals surface area contributed by atoms with Crippen molar-refractivity contribution >= 4 is 23.6 Å². The van der Waals surface area contributed by atoms with E-state index in [4.69, 9.17) is 21.6 Å². The van der Waals surface area contributed by atoms with Crippen LogP contribution in [-0.2, 0) is 9.53 Å². The Hall–Kier alpha value is -1.48. The van der Waals surface area contributed by atoms with Gasteiger partial charge < -0.3 is 15.0 Å². The Labute approximate surface area is 111 Å². The zero-order valence-corrected chi connectivity index (χ0v) is 10.8. The Kier molecular flexibility index (Phi) is 6.29. The molecule has 0 spiro atoms. The third kappa shape index (κ3) is 4.80. The molecule has 18 heavy (non-hydrogen) atoms. The average molecular weight is 274 g/mol. The molecule has 100 valence electrons. The molecule has 6 nitrogen and oxygen atoms in total. The summed E-state index contributed by atoms with van der Waals surface area (Å²) in [6.07, 6.45) is 0.857. The molecule has 1 aliphatic rings. The Bertz CT molecular complexity index is 335. The first-order valence-corrected chi connectivity index (χ1v) is 6.34. The van der Waals surface area contributed by atoms with E-state index in [-0.39, 0.29) is 36.9 Å². The summed E-state index contributed by atoms with van der Waals surface area (Å²) in [7, 11) is 0. The number of nitrogens with zero attached hydrogens (tertiary/aromatic N) is 2. The summed E-state index contributed by atoms with van der Waals surface area (Å²) in [5.74, 6) is 0.0209. The molecule has 1 rings (SSSR count). The summed E-state index contributed by atoms with van der Waals surface area (Å²) in [4.78, 5) is 24.3. The van der Waals surface area contributed by atoms with E-state index in [0.29, 0.717) is 25.9 Å². The molecule has 1 fully saturated rings. The van der Waals surface area contributed by atoms with Gasteiger partial charge in [0.25, 0.3) is 0 Å². The van der Waals surface area contributed by atoms with E-state index in [2.05, 4.69) is 5.32 Å². The summed E-state index contributed by atoms with van der Waals surface area (Å²) >= 11 is 5.43. The Morgan fingerprint density at radius 2 is 2.11 bits per heavy atom. The fraction of sp³-hybridized carbons (Fsp3) is 0.727. The SMILES string of the molecule is N#CCC(=O)NC1CCN(C(=O)OCCCl)CC1. The first-order valence-electron chi connectivity index (χ1n) is 5.81. The molecule has 0 aliphatic carbocycles. The molecule has 0 aromatic heterocycles. The Morgan fingerprint density at radius 3 is 2.67 bits per heavy atom. The van der Waals surface area contributed by atoms with Crippen molar-refractivity contribution in [2.24, 2.45) is 0 Å². The zero-order chi connectivity index (χ0) is 13.4. The highest BCUT2D eigenvalue weighted by atomic mass is 35.5. The fourth-order valence-electron chi connectivity index (χ4n) is 1.77. The molecule has 0 unspecified atom stereocenters. The van der Waals surface area contributed by atoms with Crippen molar-refractivity contribution < 1.29 is 14.3 Å². The van der Waals surface area contributed by atoms with Gasteiger partial charge in [0, 0.05) is 19.1 Å². The van der Waals surface area contributed by atoms with Gasteiger partial charge in [-0.1, -0.05) is 0 Å². The minimum Gasteiger partial charge on any atom is -0.448 e. The minimum absolute atomic E-state index is 0.0305. The van der Waals surface area contributed by atoms with Crippen LogP contribution in [0.15, 0.2) is 0 Å². The molecule has 1 N–H and O–H groups in total. The van der Waals surface area contributed by atoms with Crippen LogP contribution in [0.25, 0.3) is 0 Å². The second-order valence-corrected chi connectivity index (χ2v) is 4.35. The Balaban J connectivity index is 2.26. The van der Waals surface area contributed by atoms with Crippen LogP contribution in [0.3, 0.4) is 0 Å². The van der Waals surface area contributed by atoms with Gasteiger partial charge in [-0.25, -0.2) is 4.79 Å². The molecule has 0 bridgehead atoms. The van der Waals surface area contributed by atoms with Crippen LogP contribution in [-0.4, -0.2) is 48.5 Å². The van der Waals surface area contributed by atoms with E-state index in [0.717, 1.165) is 0 Å². The third-order valence-corrected chi connectivity index (χ3v) is 2.81. The highest BCUT2D eigenvalue weighted by molar-refractivity contribution is 6.18. The second-order valence-electron chi connectivity index (χ2n) is 3.97. The third-order valence-electron chi connectivity index (χ3n) is 2.66. The molecule has 0 atom stereocenters. The van der Waals surface area contributed by atoms with Crippen LogP contribution in [0.1, 0.15) is 19.3 Å². The quantitative estimate of drug-likeness (QED) is 0.770. The predicted octanol–water partition coefficient (Wildman–Crippen LogP) is 0.856. The van der Waals surface area contributed by atoms with Crippen molar-refractivity contribution in [1.29, 1.82) is 5.26 Å². The molecule has 1 saturated heterocycles. The maximum absolute atomic E-state index is 11.5. The lowest BCUT2D eigenvalue weighted by atomic mass is 10.1. The second kappa shape index (κ2) is 7.77. The summed E-state index contributed by atoms with van der Waals surface area (Å²) in [5, 5.41) is 11.1. The van der Waals surface area contributed by atoms with Gasteiger partial charge in [0.2, 0.25) is 5.91 Å². The standard InChI is InChI=1S/C11H16ClN3O3/c12-4-8-18-11(17)15-6-2-9(3-7-15)14-10(16)1-5-13/h9H,1-4,6-8H2,(H,14,16). The van der Waals surface area contributed by atoms with Gasteiger partial charge in [0.15, 0.2) is 0 Å². The summed E-state index contributed by atoms with van der Waals surface area (Å²) in [6, 6.07) is 1.83. The van der Waals surface area contributed by atoms with E-state index in [1.807, 2.05) is 0 Å². The summed E-state index contributed by atoms with van der Waals surface area (Å²) < 4.78 is 4.91. The smallest absolute Gasteiger partial charge is 0.409 e. The van der Waals surface area contributed by atoms with Crippen LogP contribution in [0.2, 0.25) is 0 Å². The van der Waals surface area contributed by atoms with Crippen LogP contribution < -0.4 is 5.32 Å². The lowest BCUT2D eigenvalue weighted by molar-refractivity contribution is -0.121. The van der Waals surface area contributed by atoms with Gasteiger partial charge in [-0.05, 0) is 12.8 Å². The molecule has 0 saturated carbocycles.